The number of thiophene rings is 1. The number of rotatable bonds is 4. The SMILES string of the molecule is COC(=O)C1c2ccsc2CCN1C(=O)COc1cccc(C)c1. The van der Waals surface area contributed by atoms with E-state index in [9.17, 15) is 9.59 Å². The largest absolute Gasteiger partial charge is 0.484 e. The van der Waals surface area contributed by atoms with Gasteiger partial charge in [-0.3, -0.25) is 4.79 Å². The molecule has 2 aromatic rings. The zero-order valence-electron chi connectivity index (χ0n) is 13.7. The molecule has 0 fully saturated rings. The first-order valence-corrected chi connectivity index (χ1v) is 8.61. The number of methoxy groups -OCH3 is 1. The van der Waals surface area contributed by atoms with E-state index in [4.69, 9.17) is 9.47 Å². The fraction of sp³-hybridized carbons (Fsp3) is 0.333. The molecule has 0 radical (unpaired) electrons. The molecule has 1 aromatic heterocycles. The van der Waals surface area contributed by atoms with E-state index in [2.05, 4.69) is 0 Å². The molecule has 24 heavy (non-hydrogen) atoms. The molecule has 1 aliphatic rings. The molecule has 0 aliphatic carbocycles. The maximum Gasteiger partial charge on any atom is 0.333 e. The van der Waals surface area contributed by atoms with Gasteiger partial charge in [-0.05, 0) is 48.1 Å². The Kier molecular flexibility index (Phi) is 4.85. The van der Waals surface area contributed by atoms with Crippen molar-refractivity contribution in [1.29, 1.82) is 0 Å². The topological polar surface area (TPSA) is 55.8 Å². The summed E-state index contributed by atoms with van der Waals surface area (Å²) in [5, 5.41) is 1.94. The highest BCUT2D eigenvalue weighted by molar-refractivity contribution is 7.10. The van der Waals surface area contributed by atoms with Crippen LogP contribution in [0.4, 0.5) is 0 Å². The monoisotopic (exact) mass is 345 g/mol. The van der Waals surface area contributed by atoms with Crippen LogP contribution in [-0.4, -0.2) is 37.0 Å². The number of esters is 1. The van der Waals surface area contributed by atoms with Crippen molar-refractivity contribution in [3.8, 4) is 5.75 Å². The van der Waals surface area contributed by atoms with Crippen molar-refractivity contribution in [1.82, 2.24) is 4.90 Å². The van der Waals surface area contributed by atoms with Crippen LogP contribution in [0.1, 0.15) is 22.0 Å². The van der Waals surface area contributed by atoms with Crippen LogP contribution in [0.15, 0.2) is 35.7 Å². The van der Waals surface area contributed by atoms with Gasteiger partial charge in [0.1, 0.15) is 5.75 Å². The Morgan fingerprint density at radius 2 is 2.17 bits per heavy atom. The molecule has 0 bridgehead atoms. The van der Waals surface area contributed by atoms with Gasteiger partial charge < -0.3 is 14.4 Å². The quantitative estimate of drug-likeness (QED) is 0.800. The van der Waals surface area contributed by atoms with Crippen molar-refractivity contribution < 1.29 is 19.1 Å². The second-order valence-electron chi connectivity index (χ2n) is 5.67. The molecule has 1 unspecified atom stereocenters. The number of fused-ring (bicyclic) bond motifs is 1. The van der Waals surface area contributed by atoms with E-state index in [0.29, 0.717) is 12.3 Å². The lowest BCUT2D eigenvalue weighted by atomic mass is 10.00. The molecule has 5 nitrogen and oxygen atoms in total. The van der Waals surface area contributed by atoms with Gasteiger partial charge in [0.15, 0.2) is 12.6 Å². The predicted molar refractivity (Wildman–Crippen MR) is 91.2 cm³/mol. The summed E-state index contributed by atoms with van der Waals surface area (Å²) in [6, 6.07) is 8.74. The third kappa shape index (κ3) is 3.28. The van der Waals surface area contributed by atoms with E-state index in [0.717, 1.165) is 22.4 Å². The van der Waals surface area contributed by atoms with Gasteiger partial charge in [0.25, 0.3) is 5.91 Å². The van der Waals surface area contributed by atoms with Crippen LogP contribution in [0.5, 0.6) is 5.75 Å². The van der Waals surface area contributed by atoms with E-state index in [1.165, 1.54) is 7.11 Å². The smallest absolute Gasteiger partial charge is 0.333 e. The summed E-state index contributed by atoms with van der Waals surface area (Å²) < 4.78 is 10.5. The average Bonchev–Trinajstić information content (AvgIpc) is 3.06. The molecule has 1 aromatic carbocycles. The lowest BCUT2D eigenvalue weighted by Crippen LogP contribution is -2.45. The molecule has 0 N–H and O–H groups in total. The van der Waals surface area contributed by atoms with Gasteiger partial charge in [0.2, 0.25) is 0 Å². The summed E-state index contributed by atoms with van der Waals surface area (Å²) in [4.78, 5) is 27.5. The standard InChI is InChI=1S/C18H19NO4S/c1-12-4-3-5-13(10-12)23-11-16(20)19-8-6-15-14(7-9-24-15)17(19)18(21)22-2/h3-5,7,9-10,17H,6,8,11H2,1-2H3. The highest BCUT2D eigenvalue weighted by Gasteiger charge is 2.37. The van der Waals surface area contributed by atoms with Gasteiger partial charge in [0.05, 0.1) is 7.11 Å². The minimum atomic E-state index is -0.682. The van der Waals surface area contributed by atoms with Gasteiger partial charge >= 0.3 is 5.97 Å². The lowest BCUT2D eigenvalue weighted by Gasteiger charge is -2.33. The Balaban J connectivity index is 1.74. The molecule has 0 saturated heterocycles. The van der Waals surface area contributed by atoms with E-state index in [-0.39, 0.29) is 12.5 Å². The normalized spacial score (nSPS) is 16.4. The molecular formula is C18H19NO4S. The summed E-state index contributed by atoms with van der Waals surface area (Å²) in [5.74, 6) is 0.00760. The van der Waals surface area contributed by atoms with Crippen molar-refractivity contribution in [2.75, 3.05) is 20.3 Å². The molecule has 0 spiro atoms. The average molecular weight is 345 g/mol. The molecule has 1 aliphatic heterocycles. The maximum absolute atomic E-state index is 12.6. The highest BCUT2D eigenvalue weighted by atomic mass is 32.1. The molecule has 1 amide bonds. The molecule has 2 heterocycles. The molecule has 3 rings (SSSR count). The number of nitrogens with zero attached hydrogens (tertiary/aromatic N) is 1. The zero-order chi connectivity index (χ0) is 17.1. The minimum absolute atomic E-state index is 0.101. The minimum Gasteiger partial charge on any atom is -0.484 e. The molecule has 0 saturated carbocycles. The van der Waals surface area contributed by atoms with Gasteiger partial charge in [-0.2, -0.15) is 0 Å². The van der Waals surface area contributed by atoms with Crippen LogP contribution in [-0.2, 0) is 20.7 Å². The molecular weight excluding hydrogens is 326 g/mol. The van der Waals surface area contributed by atoms with Gasteiger partial charge in [0, 0.05) is 11.4 Å². The Morgan fingerprint density at radius 1 is 1.33 bits per heavy atom. The van der Waals surface area contributed by atoms with Crippen LogP contribution in [0.25, 0.3) is 0 Å². The van der Waals surface area contributed by atoms with Crippen LogP contribution in [0, 0.1) is 6.92 Å². The van der Waals surface area contributed by atoms with E-state index in [1.54, 1.807) is 16.2 Å². The first-order valence-electron chi connectivity index (χ1n) is 7.73. The van der Waals surface area contributed by atoms with E-state index >= 15 is 0 Å². The summed E-state index contributed by atoms with van der Waals surface area (Å²) in [5.41, 5.74) is 1.93. The second-order valence-corrected chi connectivity index (χ2v) is 6.67. The Morgan fingerprint density at radius 3 is 2.92 bits per heavy atom. The number of hydrogen-bond donors (Lipinski definition) is 0. The van der Waals surface area contributed by atoms with E-state index in [1.807, 2.05) is 42.6 Å². The van der Waals surface area contributed by atoms with Gasteiger partial charge in [-0.1, -0.05) is 12.1 Å². The fourth-order valence-corrected chi connectivity index (χ4v) is 3.79. The Labute approximate surface area is 144 Å². The molecule has 126 valence electrons. The van der Waals surface area contributed by atoms with Crippen molar-refractivity contribution >= 4 is 23.2 Å². The number of ether oxygens (including phenoxy) is 2. The van der Waals surface area contributed by atoms with E-state index < -0.39 is 12.0 Å². The molecule has 1 atom stereocenters. The zero-order valence-corrected chi connectivity index (χ0v) is 14.5. The van der Waals surface area contributed by atoms with Crippen LogP contribution >= 0.6 is 11.3 Å². The number of amides is 1. The lowest BCUT2D eigenvalue weighted by molar-refractivity contribution is -0.154. The summed E-state index contributed by atoms with van der Waals surface area (Å²) in [7, 11) is 1.34. The predicted octanol–water partition coefficient (Wildman–Crippen LogP) is 2.73. The summed E-state index contributed by atoms with van der Waals surface area (Å²) >= 11 is 1.61. The first-order chi connectivity index (χ1) is 11.6. The van der Waals surface area contributed by atoms with Crippen molar-refractivity contribution in [3.63, 3.8) is 0 Å². The van der Waals surface area contributed by atoms with Gasteiger partial charge in [-0.25, -0.2) is 4.79 Å². The van der Waals surface area contributed by atoms with Crippen molar-refractivity contribution in [3.05, 3.63) is 51.7 Å². The number of benzene rings is 1. The number of carbonyl (C=O) groups excluding carboxylic acids is 2. The summed E-state index contributed by atoms with van der Waals surface area (Å²) in [6.07, 6.45) is 0.747. The van der Waals surface area contributed by atoms with Gasteiger partial charge in [-0.15, -0.1) is 11.3 Å². The number of hydrogen-bond acceptors (Lipinski definition) is 5. The first kappa shape index (κ1) is 16.5. The Hall–Kier alpha value is -2.34. The summed E-state index contributed by atoms with van der Waals surface area (Å²) in [6.45, 7) is 2.35. The van der Waals surface area contributed by atoms with Crippen LogP contribution < -0.4 is 4.74 Å². The highest BCUT2D eigenvalue weighted by Crippen LogP contribution is 2.34. The third-order valence-electron chi connectivity index (χ3n) is 4.06. The van der Waals surface area contributed by atoms with Crippen molar-refractivity contribution in [2.45, 2.75) is 19.4 Å². The third-order valence-corrected chi connectivity index (χ3v) is 5.06. The van der Waals surface area contributed by atoms with Crippen LogP contribution in [0.3, 0.4) is 0 Å². The maximum atomic E-state index is 12.6. The van der Waals surface area contributed by atoms with Crippen molar-refractivity contribution in [2.24, 2.45) is 0 Å². The molecule has 6 heteroatoms. The number of aryl methyl sites for hydroxylation is 1. The number of carbonyl (C=O) groups is 2. The Bertz CT molecular complexity index is 755. The second kappa shape index (κ2) is 7.05. The van der Waals surface area contributed by atoms with Crippen LogP contribution in [0.2, 0.25) is 0 Å². The fourth-order valence-electron chi connectivity index (χ4n) is 2.88.